The second-order valence-electron chi connectivity index (χ2n) is 7.24. The third kappa shape index (κ3) is 3.88. The minimum absolute atomic E-state index is 0.0593. The molecule has 2 aliphatic rings. The van der Waals surface area contributed by atoms with Crippen LogP contribution in [0.5, 0.6) is 0 Å². The van der Waals surface area contributed by atoms with Gasteiger partial charge in [0.2, 0.25) is 5.91 Å². The molecule has 4 rings (SSSR count). The minimum Gasteiger partial charge on any atom is -0.337 e. The average molecular weight is 363 g/mol. The van der Waals surface area contributed by atoms with Crippen LogP contribution < -0.4 is 0 Å². The zero-order valence-corrected chi connectivity index (χ0v) is 15.5. The van der Waals surface area contributed by atoms with Gasteiger partial charge in [-0.25, -0.2) is 0 Å². The van der Waals surface area contributed by atoms with Crippen LogP contribution in [0, 0.1) is 0 Å². The van der Waals surface area contributed by atoms with Crippen LogP contribution in [-0.2, 0) is 11.3 Å². The molecule has 140 valence electrons. The zero-order chi connectivity index (χ0) is 18.6. The molecule has 27 heavy (non-hydrogen) atoms. The van der Waals surface area contributed by atoms with Crippen LogP contribution in [0.25, 0.3) is 0 Å². The van der Waals surface area contributed by atoms with Crippen LogP contribution in [-0.4, -0.2) is 65.3 Å². The maximum absolute atomic E-state index is 13.0. The molecule has 5 nitrogen and oxygen atoms in total. The minimum atomic E-state index is -0.115. The first kappa shape index (κ1) is 17.7. The van der Waals surface area contributed by atoms with Gasteiger partial charge in [0, 0.05) is 44.8 Å². The molecular weight excluding hydrogens is 338 g/mol. The lowest BCUT2D eigenvalue weighted by Crippen LogP contribution is -2.56. The first-order valence-corrected chi connectivity index (χ1v) is 9.63. The monoisotopic (exact) mass is 363 g/mol. The van der Waals surface area contributed by atoms with Crippen molar-refractivity contribution in [2.24, 2.45) is 0 Å². The lowest BCUT2D eigenvalue weighted by atomic mass is 10.1. The van der Waals surface area contributed by atoms with E-state index in [9.17, 15) is 9.59 Å². The van der Waals surface area contributed by atoms with Crippen molar-refractivity contribution in [3.05, 3.63) is 71.8 Å². The number of amides is 2. The van der Waals surface area contributed by atoms with Crippen LogP contribution in [0.4, 0.5) is 0 Å². The third-order valence-corrected chi connectivity index (χ3v) is 5.55. The van der Waals surface area contributed by atoms with E-state index in [1.807, 2.05) is 58.3 Å². The zero-order valence-electron chi connectivity index (χ0n) is 15.5. The Bertz CT molecular complexity index is 794. The summed E-state index contributed by atoms with van der Waals surface area (Å²) in [6.07, 6.45) is 0.697. The van der Waals surface area contributed by atoms with E-state index in [1.165, 1.54) is 0 Å². The summed E-state index contributed by atoms with van der Waals surface area (Å²) in [6.45, 7) is 4.34. The molecule has 0 spiro atoms. The SMILES string of the molecule is O=C(c1ccccc1)N1CCC2C(=O)N(Cc3ccccc3)CCN2CC1. The van der Waals surface area contributed by atoms with Gasteiger partial charge in [0.25, 0.3) is 5.91 Å². The first-order chi connectivity index (χ1) is 13.2. The van der Waals surface area contributed by atoms with Crippen molar-refractivity contribution < 1.29 is 9.59 Å². The van der Waals surface area contributed by atoms with Crippen LogP contribution in [0.15, 0.2) is 60.7 Å². The Hall–Kier alpha value is -2.66. The van der Waals surface area contributed by atoms with E-state index in [4.69, 9.17) is 0 Å². The molecule has 0 bridgehead atoms. The van der Waals surface area contributed by atoms with E-state index >= 15 is 0 Å². The predicted molar refractivity (Wildman–Crippen MR) is 104 cm³/mol. The van der Waals surface area contributed by atoms with Crippen molar-refractivity contribution in [2.45, 2.75) is 19.0 Å². The van der Waals surface area contributed by atoms with E-state index in [-0.39, 0.29) is 17.9 Å². The highest BCUT2D eigenvalue weighted by atomic mass is 16.2. The van der Waals surface area contributed by atoms with Crippen molar-refractivity contribution in [1.82, 2.24) is 14.7 Å². The normalized spacial score (nSPS) is 20.9. The maximum atomic E-state index is 13.0. The summed E-state index contributed by atoms with van der Waals surface area (Å²) in [6, 6.07) is 19.4. The smallest absolute Gasteiger partial charge is 0.253 e. The van der Waals surface area contributed by atoms with Gasteiger partial charge in [0.05, 0.1) is 6.04 Å². The summed E-state index contributed by atoms with van der Waals surface area (Å²) in [5.41, 5.74) is 1.88. The van der Waals surface area contributed by atoms with E-state index in [0.29, 0.717) is 26.1 Å². The Morgan fingerprint density at radius 1 is 0.852 bits per heavy atom. The number of rotatable bonds is 3. The van der Waals surface area contributed by atoms with Crippen molar-refractivity contribution in [3.8, 4) is 0 Å². The molecule has 2 aromatic rings. The fourth-order valence-electron chi connectivity index (χ4n) is 4.02. The molecule has 0 radical (unpaired) electrons. The molecule has 5 heteroatoms. The Morgan fingerprint density at radius 2 is 1.52 bits per heavy atom. The van der Waals surface area contributed by atoms with Crippen LogP contribution in [0.3, 0.4) is 0 Å². The van der Waals surface area contributed by atoms with Gasteiger partial charge in [-0.15, -0.1) is 0 Å². The number of piperazine rings is 1. The Balaban J connectivity index is 1.42. The molecule has 2 aromatic carbocycles. The molecule has 2 fully saturated rings. The number of hydrogen-bond acceptors (Lipinski definition) is 3. The molecule has 0 N–H and O–H groups in total. The van der Waals surface area contributed by atoms with E-state index in [1.54, 1.807) is 0 Å². The number of hydrogen-bond donors (Lipinski definition) is 0. The summed E-state index contributed by atoms with van der Waals surface area (Å²) in [5.74, 6) is 0.253. The largest absolute Gasteiger partial charge is 0.337 e. The van der Waals surface area contributed by atoms with Crippen LogP contribution in [0.2, 0.25) is 0 Å². The van der Waals surface area contributed by atoms with Crippen molar-refractivity contribution >= 4 is 11.8 Å². The maximum Gasteiger partial charge on any atom is 0.253 e. The fraction of sp³-hybridized carbons (Fsp3) is 0.364. The Morgan fingerprint density at radius 3 is 2.26 bits per heavy atom. The van der Waals surface area contributed by atoms with Gasteiger partial charge >= 0.3 is 0 Å². The second-order valence-corrected chi connectivity index (χ2v) is 7.24. The number of benzene rings is 2. The number of fused-ring (bicyclic) bond motifs is 1. The van der Waals surface area contributed by atoms with Gasteiger partial charge in [0.1, 0.15) is 0 Å². The lowest BCUT2D eigenvalue weighted by molar-refractivity contribution is -0.142. The number of carbonyl (C=O) groups excluding carboxylic acids is 2. The number of carbonyl (C=O) groups is 2. The van der Waals surface area contributed by atoms with E-state index in [2.05, 4.69) is 17.0 Å². The van der Waals surface area contributed by atoms with Gasteiger partial charge in [-0.3, -0.25) is 14.5 Å². The topological polar surface area (TPSA) is 43.9 Å². The van der Waals surface area contributed by atoms with Gasteiger partial charge in [-0.2, -0.15) is 0 Å². The van der Waals surface area contributed by atoms with Crippen molar-refractivity contribution in [1.29, 1.82) is 0 Å². The van der Waals surface area contributed by atoms with Gasteiger partial charge < -0.3 is 9.80 Å². The highest BCUT2D eigenvalue weighted by Crippen LogP contribution is 2.20. The van der Waals surface area contributed by atoms with Gasteiger partial charge in [-0.1, -0.05) is 48.5 Å². The molecule has 0 saturated carbocycles. The van der Waals surface area contributed by atoms with Crippen LogP contribution >= 0.6 is 0 Å². The summed E-state index contributed by atoms with van der Waals surface area (Å²) in [7, 11) is 0. The highest BCUT2D eigenvalue weighted by molar-refractivity contribution is 5.94. The molecule has 1 unspecified atom stereocenters. The molecule has 0 aliphatic carbocycles. The third-order valence-electron chi connectivity index (χ3n) is 5.55. The van der Waals surface area contributed by atoms with Crippen molar-refractivity contribution in [3.63, 3.8) is 0 Å². The first-order valence-electron chi connectivity index (χ1n) is 9.63. The Kier molecular flexibility index (Phi) is 5.21. The molecular formula is C22H25N3O2. The molecule has 2 heterocycles. The number of nitrogens with zero attached hydrogens (tertiary/aromatic N) is 3. The molecule has 2 aliphatic heterocycles. The second kappa shape index (κ2) is 7.92. The van der Waals surface area contributed by atoms with Gasteiger partial charge in [0.15, 0.2) is 0 Å². The standard InChI is InChI=1S/C22H25N3O2/c26-21(19-9-5-2-6-10-19)24-12-11-20-22(27)25(16-14-23(20)13-15-24)17-18-7-3-1-4-8-18/h1-10,20H,11-17H2. The summed E-state index contributed by atoms with van der Waals surface area (Å²) in [5, 5.41) is 0. The average Bonchev–Trinajstić information content (AvgIpc) is 2.94. The van der Waals surface area contributed by atoms with Crippen molar-refractivity contribution in [2.75, 3.05) is 32.7 Å². The van der Waals surface area contributed by atoms with Gasteiger partial charge in [-0.05, 0) is 24.1 Å². The summed E-state index contributed by atoms with van der Waals surface area (Å²) < 4.78 is 0. The predicted octanol–water partition coefficient (Wildman–Crippen LogP) is 2.25. The molecule has 2 amide bonds. The van der Waals surface area contributed by atoms with E-state index < -0.39 is 0 Å². The van der Waals surface area contributed by atoms with Crippen LogP contribution in [0.1, 0.15) is 22.3 Å². The highest BCUT2D eigenvalue weighted by Gasteiger charge is 2.37. The lowest BCUT2D eigenvalue weighted by Gasteiger charge is -2.39. The summed E-state index contributed by atoms with van der Waals surface area (Å²) in [4.78, 5) is 31.9. The summed E-state index contributed by atoms with van der Waals surface area (Å²) >= 11 is 0. The Labute approximate surface area is 160 Å². The fourth-order valence-corrected chi connectivity index (χ4v) is 4.02. The molecule has 1 atom stereocenters. The molecule has 2 saturated heterocycles. The quantitative estimate of drug-likeness (QED) is 0.840. The molecule has 0 aromatic heterocycles. The van der Waals surface area contributed by atoms with E-state index in [0.717, 1.165) is 30.8 Å².